The fourth-order valence-corrected chi connectivity index (χ4v) is 1.60. The van der Waals surface area contributed by atoms with Crippen molar-refractivity contribution in [2.45, 2.75) is 6.92 Å². The third kappa shape index (κ3) is 3.63. The van der Waals surface area contributed by atoms with E-state index >= 15 is 0 Å². The van der Waals surface area contributed by atoms with Gasteiger partial charge in [-0.15, -0.1) is 0 Å². The number of nitrogens with zero attached hydrogens (tertiary/aromatic N) is 2. The van der Waals surface area contributed by atoms with E-state index in [4.69, 9.17) is 11.6 Å². The van der Waals surface area contributed by atoms with Crippen molar-refractivity contribution in [3.05, 3.63) is 64.4 Å². The highest BCUT2D eigenvalue weighted by Gasteiger charge is 2.05. The summed E-state index contributed by atoms with van der Waals surface area (Å²) in [6.45, 7) is 1.88. The van der Waals surface area contributed by atoms with Crippen molar-refractivity contribution in [1.82, 2.24) is 10.4 Å². The number of carbonyl (C=O) groups excluding carboxylic acids is 1. The van der Waals surface area contributed by atoms with Crippen LogP contribution in [0.25, 0.3) is 0 Å². The summed E-state index contributed by atoms with van der Waals surface area (Å²) in [5.74, 6) is -0.304. The molecule has 1 N–H and O–H groups in total. The van der Waals surface area contributed by atoms with Crippen LogP contribution in [0, 0.1) is 6.92 Å². The fourth-order valence-electron chi connectivity index (χ4n) is 1.42. The molecular weight excluding hydrogens is 262 g/mol. The van der Waals surface area contributed by atoms with Crippen LogP contribution in [0.15, 0.2) is 47.8 Å². The third-order valence-electron chi connectivity index (χ3n) is 2.50. The van der Waals surface area contributed by atoms with Crippen LogP contribution in [0.2, 0.25) is 5.02 Å². The van der Waals surface area contributed by atoms with Gasteiger partial charge in [0.15, 0.2) is 0 Å². The number of pyridine rings is 1. The molecule has 4 nitrogen and oxygen atoms in total. The molecule has 0 saturated heterocycles. The van der Waals surface area contributed by atoms with E-state index in [0.29, 0.717) is 10.6 Å². The normalized spacial score (nSPS) is 10.6. The topological polar surface area (TPSA) is 54.4 Å². The van der Waals surface area contributed by atoms with Gasteiger partial charge in [0.2, 0.25) is 0 Å². The highest BCUT2D eigenvalue weighted by molar-refractivity contribution is 6.31. The summed E-state index contributed by atoms with van der Waals surface area (Å²) < 4.78 is 0. The van der Waals surface area contributed by atoms with Gasteiger partial charge in [-0.3, -0.25) is 9.78 Å². The highest BCUT2D eigenvalue weighted by atomic mass is 35.5. The number of benzene rings is 1. The van der Waals surface area contributed by atoms with E-state index in [2.05, 4.69) is 15.5 Å². The minimum absolute atomic E-state index is 0.304. The van der Waals surface area contributed by atoms with E-state index in [1.54, 1.807) is 36.7 Å². The van der Waals surface area contributed by atoms with Gasteiger partial charge in [-0.05, 0) is 30.7 Å². The summed E-state index contributed by atoms with van der Waals surface area (Å²) in [4.78, 5) is 15.7. The monoisotopic (exact) mass is 273 g/mol. The van der Waals surface area contributed by atoms with E-state index in [1.807, 2.05) is 13.0 Å². The lowest BCUT2D eigenvalue weighted by atomic mass is 10.1. The molecule has 1 aromatic carbocycles. The molecule has 0 spiro atoms. The van der Waals surface area contributed by atoms with Crippen molar-refractivity contribution >= 4 is 23.7 Å². The van der Waals surface area contributed by atoms with Crippen LogP contribution in [0.5, 0.6) is 0 Å². The SMILES string of the molecule is Cc1ccc(C(=O)N/N=C/c2cccnc2)cc1Cl. The molecule has 0 fully saturated rings. The number of rotatable bonds is 3. The van der Waals surface area contributed by atoms with Gasteiger partial charge in [0.1, 0.15) is 0 Å². The number of halogens is 1. The molecule has 1 amide bonds. The molecule has 1 heterocycles. The highest BCUT2D eigenvalue weighted by Crippen LogP contribution is 2.16. The molecule has 2 rings (SSSR count). The number of hydrazone groups is 1. The maximum atomic E-state index is 11.8. The third-order valence-corrected chi connectivity index (χ3v) is 2.91. The maximum absolute atomic E-state index is 11.8. The number of aromatic nitrogens is 1. The van der Waals surface area contributed by atoms with Crippen LogP contribution in [0.1, 0.15) is 21.5 Å². The van der Waals surface area contributed by atoms with Gasteiger partial charge in [-0.1, -0.05) is 23.7 Å². The molecule has 96 valence electrons. The zero-order valence-electron chi connectivity index (χ0n) is 10.3. The number of amides is 1. The van der Waals surface area contributed by atoms with Crippen molar-refractivity contribution < 1.29 is 4.79 Å². The molecule has 0 aliphatic carbocycles. The van der Waals surface area contributed by atoms with Crippen molar-refractivity contribution in [3.63, 3.8) is 0 Å². The first kappa shape index (κ1) is 13.2. The van der Waals surface area contributed by atoms with E-state index in [1.165, 1.54) is 6.21 Å². The Balaban J connectivity index is 2.01. The summed E-state index contributed by atoms with van der Waals surface area (Å²) in [6.07, 6.45) is 4.85. The van der Waals surface area contributed by atoms with E-state index in [0.717, 1.165) is 11.1 Å². The molecule has 5 heteroatoms. The number of hydrogen-bond donors (Lipinski definition) is 1. The van der Waals surface area contributed by atoms with Gasteiger partial charge in [0.25, 0.3) is 5.91 Å². The van der Waals surface area contributed by atoms with Crippen LogP contribution >= 0.6 is 11.6 Å². The molecule has 19 heavy (non-hydrogen) atoms. The van der Waals surface area contributed by atoms with Gasteiger partial charge in [-0.25, -0.2) is 5.43 Å². The van der Waals surface area contributed by atoms with Crippen LogP contribution in [0.4, 0.5) is 0 Å². The Hall–Kier alpha value is -2.20. The fraction of sp³-hybridized carbons (Fsp3) is 0.0714. The summed E-state index contributed by atoms with van der Waals surface area (Å²) in [7, 11) is 0. The Morgan fingerprint density at radius 1 is 1.42 bits per heavy atom. The summed E-state index contributed by atoms with van der Waals surface area (Å²) in [5.41, 5.74) is 4.65. The summed E-state index contributed by atoms with van der Waals surface area (Å²) >= 11 is 5.96. The van der Waals surface area contributed by atoms with Crippen LogP contribution in [-0.4, -0.2) is 17.1 Å². The predicted molar refractivity (Wildman–Crippen MR) is 75.5 cm³/mol. The van der Waals surface area contributed by atoms with Crippen molar-refractivity contribution in [3.8, 4) is 0 Å². The molecule has 1 aromatic heterocycles. The van der Waals surface area contributed by atoms with Crippen LogP contribution < -0.4 is 5.43 Å². The van der Waals surface area contributed by atoms with Gasteiger partial charge >= 0.3 is 0 Å². The number of aryl methyl sites for hydroxylation is 1. The second kappa shape index (κ2) is 6.11. The first-order valence-electron chi connectivity index (χ1n) is 5.66. The predicted octanol–water partition coefficient (Wildman–Crippen LogP) is 2.81. The smallest absolute Gasteiger partial charge is 0.267 e. The maximum Gasteiger partial charge on any atom is 0.271 e. The Bertz CT molecular complexity index is 611. The minimum atomic E-state index is -0.304. The Morgan fingerprint density at radius 2 is 2.26 bits per heavy atom. The first-order chi connectivity index (χ1) is 9.16. The number of carbonyl (C=O) groups is 1. The Labute approximate surface area is 116 Å². The average molecular weight is 274 g/mol. The van der Waals surface area contributed by atoms with Gasteiger partial charge in [0, 0.05) is 28.5 Å². The van der Waals surface area contributed by atoms with E-state index in [9.17, 15) is 4.79 Å². The minimum Gasteiger partial charge on any atom is -0.267 e. The van der Waals surface area contributed by atoms with E-state index < -0.39 is 0 Å². The number of nitrogens with one attached hydrogen (secondary N) is 1. The Kier molecular flexibility index (Phi) is 4.26. The molecular formula is C14H12ClN3O. The Morgan fingerprint density at radius 3 is 2.95 bits per heavy atom. The zero-order chi connectivity index (χ0) is 13.7. The molecule has 0 aliphatic heterocycles. The van der Waals surface area contributed by atoms with Gasteiger partial charge in [0.05, 0.1) is 6.21 Å². The van der Waals surface area contributed by atoms with Crippen LogP contribution in [0.3, 0.4) is 0 Å². The zero-order valence-corrected chi connectivity index (χ0v) is 11.1. The molecule has 0 aliphatic rings. The largest absolute Gasteiger partial charge is 0.271 e. The van der Waals surface area contributed by atoms with E-state index in [-0.39, 0.29) is 5.91 Å². The molecule has 0 radical (unpaired) electrons. The quantitative estimate of drug-likeness (QED) is 0.691. The van der Waals surface area contributed by atoms with Gasteiger partial charge < -0.3 is 0 Å². The first-order valence-corrected chi connectivity index (χ1v) is 6.04. The lowest BCUT2D eigenvalue weighted by Gasteiger charge is -2.02. The second-order valence-electron chi connectivity index (χ2n) is 3.95. The standard InChI is InChI=1S/C14H12ClN3O/c1-10-4-5-12(7-13(10)15)14(19)18-17-9-11-3-2-6-16-8-11/h2-9H,1H3,(H,18,19)/b17-9+. The second-order valence-corrected chi connectivity index (χ2v) is 4.36. The molecule has 0 unspecified atom stereocenters. The molecule has 2 aromatic rings. The lowest BCUT2D eigenvalue weighted by Crippen LogP contribution is -2.17. The molecule has 0 saturated carbocycles. The van der Waals surface area contributed by atoms with Crippen molar-refractivity contribution in [2.75, 3.05) is 0 Å². The lowest BCUT2D eigenvalue weighted by molar-refractivity contribution is 0.0955. The average Bonchev–Trinajstić information content (AvgIpc) is 2.43. The van der Waals surface area contributed by atoms with Crippen molar-refractivity contribution in [2.24, 2.45) is 5.10 Å². The number of hydrogen-bond acceptors (Lipinski definition) is 3. The van der Waals surface area contributed by atoms with Crippen molar-refractivity contribution in [1.29, 1.82) is 0 Å². The van der Waals surface area contributed by atoms with Gasteiger partial charge in [-0.2, -0.15) is 5.10 Å². The molecule has 0 bridgehead atoms. The summed E-state index contributed by atoms with van der Waals surface area (Å²) in [5, 5.41) is 4.42. The van der Waals surface area contributed by atoms with Crippen LogP contribution in [-0.2, 0) is 0 Å². The molecule has 0 atom stereocenters. The summed E-state index contributed by atoms with van der Waals surface area (Å²) in [6, 6.07) is 8.75.